The lowest BCUT2D eigenvalue weighted by atomic mass is 9.89. The molecule has 0 bridgehead atoms. The first-order valence-electron chi connectivity index (χ1n) is 11.4. The van der Waals surface area contributed by atoms with Gasteiger partial charge in [-0.25, -0.2) is 0 Å². The SMILES string of the molecule is COc1ccc2c(-c3ccc(OCCN4CCCC4)cc3)c(-c3ccccc3)ccc2c1. The first kappa shape index (κ1) is 20.6. The smallest absolute Gasteiger partial charge is 0.119 e. The molecule has 0 unspecified atom stereocenters. The van der Waals surface area contributed by atoms with Gasteiger partial charge in [-0.1, -0.05) is 60.7 Å². The number of rotatable bonds is 7. The van der Waals surface area contributed by atoms with Gasteiger partial charge in [0.2, 0.25) is 0 Å². The van der Waals surface area contributed by atoms with Crippen LogP contribution in [0, 0.1) is 0 Å². The summed E-state index contributed by atoms with van der Waals surface area (Å²) in [7, 11) is 1.71. The molecule has 0 aliphatic carbocycles. The van der Waals surface area contributed by atoms with Crippen molar-refractivity contribution in [3.05, 3.63) is 84.9 Å². The van der Waals surface area contributed by atoms with E-state index in [0.717, 1.165) is 24.7 Å². The van der Waals surface area contributed by atoms with Gasteiger partial charge < -0.3 is 9.47 Å². The van der Waals surface area contributed by atoms with Crippen LogP contribution in [0.1, 0.15) is 12.8 Å². The lowest BCUT2D eigenvalue weighted by molar-refractivity contribution is 0.238. The Morgan fingerprint density at radius 1 is 0.750 bits per heavy atom. The van der Waals surface area contributed by atoms with Gasteiger partial charge in [0.05, 0.1) is 7.11 Å². The molecule has 5 rings (SSSR count). The highest BCUT2D eigenvalue weighted by atomic mass is 16.5. The summed E-state index contributed by atoms with van der Waals surface area (Å²) in [5, 5.41) is 2.39. The van der Waals surface area contributed by atoms with E-state index in [1.807, 2.05) is 6.07 Å². The van der Waals surface area contributed by atoms with Gasteiger partial charge in [0, 0.05) is 6.54 Å². The van der Waals surface area contributed by atoms with Crippen LogP contribution in [0.5, 0.6) is 11.5 Å². The summed E-state index contributed by atoms with van der Waals surface area (Å²) in [6.45, 7) is 4.15. The Morgan fingerprint density at radius 3 is 2.25 bits per heavy atom. The largest absolute Gasteiger partial charge is 0.497 e. The van der Waals surface area contributed by atoms with E-state index in [1.165, 1.54) is 59.0 Å². The zero-order chi connectivity index (χ0) is 21.8. The minimum Gasteiger partial charge on any atom is -0.497 e. The molecule has 0 atom stereocenters. The Labute approximate surface area is 190 Å². The summed E-state index contributed by atoms with van der Waals surface area (Å²) >= 11 is 0. The van der Waals surface area contributed by atoms with Crippen molar-refractivity contribution in [1.29, 1.82) is 0 Å². The van der Waals surface area contributed by atoms with Gasteiger partial charge >= 0.3 is 0 Å². The summed E-state index contributed by atoms with van der Waals surface area (Å²) < 4.78 is 11.5. The van der Waals surface area contributed by atoms with E-state index < -0.39 is 0 Å². The summed E-state index contributed by atoms with van der Waals surface area (Å²) in [5.74, 6) is 1.80. The third-order valence-corrected chi connectivity index (χ3v) is 6.33. The van der Waals surface area contributed by atoms with Crippen LogP contribution in [0.2, 0.25) is 0 Å². The molecular weight excluding hydrogens is 394 g/mol. The van der Waals surface area contributed by atoms with Gasteiger partial charge in [0.1, 0.15) is 18.1 Å². The summed E-state index contributed by atoms with van der Waals surface area (Å²) in [6, 6.07) is 29.8. The molecule has 0 radical (unpaired) electrons. The highest BCUT2D eigenvalue weighted by Gasteiger charge is 2.14. The first-order valence-corrected chi connectivity index (χ1v) is 11.4. The van der Waals surface area contributed by atoms with Crippen LogP contribution in [0.4, 0.5) is 0 Å². The molecule has 3 heteroatoms. The van der Waals surface area contributed by atoms with Gasteiger partial charge in [0.25, 0.3) is 0 Å². The second kappa shape index (κ2) is 9.46. The fraction of sp³-hybridized carbons (Fsp3) is 0.241. The second-order valence-electron chi connectivity index (χ2n) is 8.36. The molecule has 32 heavy (non-hydrogen) atoms. The van der Waals surface area contributed by atoms with Crippen molar-refractivity contribution in [2.75, 3.05) is 33.4 Å². The van der Waals surface area contributed by atoms with E-state index in [2.05, 4.69) is 83.8 Å². The highest BCUT2D eigenvalue weighted by molar-refractivity contribution is 6.04. The fourth-order valence-corrected chi connectivity index (χ4v) is 4.62. The number of likely N-dealkylation sites (tertiary alicyclic amines) is 1. The third kappa shape index (κ3) is 4.35. The number of methoxy groups -OCH3 is 1. The van der Waals surface area contributed by atoms with Crippen molar-refractivity contribution in [2.45, 2.75) is 12.8 Å². The summed E-state index contributed by atoms with van der Waals surface area (Å²) in [4.78, 5) is 2.48. The maximum absolute atomic E-state index is 6.03. The van der Waals surface area contributed by atoms with E-state index in [9.17, 15) is 0 Å². The molecule has 0 saturated carbocycles. The average Bonchev–Trinajstić information content (AvgIpc) is 3.37. The van der Waals surface area contributed by atoms with Crippen molar-refractivity contribution < 1.29 is 9.47 Å². The Balaban J connectivity index is 1.48. The number of hydrogen-bond donors (Lipinski definition) is 0. The van der Waals surface area contributed by atoms with Crippen LogP contribution < -0.4 is 9.47 Å². The van der Waals surface area contributed by atoms with Crippen LogP contribution in [-0.4, -0.2) is 38.3 Å². The molecule has 1 fully saturated rings. The van der Waals surface area contributed by atoms with Gasteiger partial charge in [-0.2, -0.15) is 0 Å². The van der Waals surface area contributed by atoms with E-state index in [-0.39, 0.29) is 0 Å². The quantitative estimate of drug-likeness (QED) is 0.332. The Bertz CT molecular complexity index is 1180. The zero-order valence-electron chi connectivity index (χ0n) is 18.6. The summed E-state index contributed by atoms with van der Waals surface area (Å²) in [5.41, 5.74) is 4.86. The molecule has 1 aliphatic heterocycles. The minimum absolute atomic E-state index is 0.739. The Morgan fingerprint density at radius 2 is 1.50 bits per heavy atom. The molecule has 1 aliphatic rings. The maximum atomic E-state index is 6.03. The zero-order valence-corrected chi connectivity index (χ0v) is 18.6. The Hall–Kier alpha value is -3.30. The normalized spacial score (nSPS) is 14.0. The molecular formula is C29H29NO2. The van der Waals surface area contributed by atoms with Crippen LogP contribution in [-0.2, 0) is 0 Å². The maximum Gasteiger partial charge on any atom is 0.119 e. The predicted octanol–water partition coefficient (Wildman–Crippen LogP) is 6.66. The van der Waals surface area contributed by atoms with Crippen LogP contribution in [0.15, 0.2) is 84.9 Å². The molecule has 3 nitrogen and oxygen atoms in total. The number of ether oxygens (including phenoxy) is 2. The topological polar surface area (TPSA) is 21.7 Å². The highest BCUT2D eigenvalue weighted by Crippen LogP contribution is 2.39. The first-order chi connectivity index (χ1) is 15.8. The Kier molecular flexibility index (Phi) is 6.09. The van der Waals surface area contributed by atoms with Crippen molar-refractivity contribution in [3.63, 3.8) is 0 Å². The lowest BCUT2D eigenvalue weighted by Crippen LogP contribution is -2.25. The number of fused-ring (bicyclic) bond motifs is 1. The average molecular weight is 424 g/mol. The van der Waals surface area contributed by atoms with E-state index >= 15 is 0 Å². The van der Waals surface area contributed by atoms with Gasteiger partial charge in [-0.15, -0.1) is 0 Å². The van der Waals surface area contributed by atoms with Crippen molar-refractivity contribution in [3.8, 4) is 33.8 Å². The van der Waals surface area contributed by atoms with Gasteiger partial charge in [0.15, 0.2) is 0 Å². The number of benzene rings is 4. The molecule has 0 aromatic heterocycles. The summed E-state index contributed by atoms with van der Waals surface area (Å²) in [6.07, 6.45) is 2.63. The van der Waals surface area contributed by atoms with Crippen LogP contribution in [0.25, 0.3) is 33.0 Å². The monoisotopic (exact) mass is 423 g/mol. The number of nitrogens with zero attached hydrogens (tertiary/aromatic N) is 1. The van der Waals surface area contributed by atoms with Crippen molar-refractivity contribution in [1.82, 2.24) is 4.90 Å². The van der Waals surface area contributed by atoms with E-state index in [0.29, 0.717) is 0 Å². The third-order valence-electron chi connectivity index (χ3n) is 6.33. The molecule has 0 N–H and O–H groups in total. The molecule has 4 aromatic carbocycles. The molecule has 4 aromatic rings. The fourth-order valence-electron chi connectivity index (χ4n) is 4.62. The van der Waals surface area contributed by atoms with Gasteiger partial charge in [-0.05, 0) is 83.2 Å². The second-order valence-corrected chi connectivity index (χ2v) is 8.36. The molecule has 162 valence electrons. The van der Waals surface area contributed by atoms with Crippen molar-refractivity contribution >= 4 is 10.8 Å². The molecule has 1 heterocycles. The minimum atomic E-state index is 0.739. The molecule has 1 saturated heterocycles. The lowest BCUT2D eigenvalue weighted by Gasteiger charge is -2.16. The van der Waals surface area contributed by atoms with E-state index in [1.54, 1.807) is 7.11 Å². The number of hydrogen-bond acceptors (Lipinski definition) is 3. The van der Waals surface area contributed by atoms with Crippen LogP contribution in [0.3, 0.4) is 0 Å². The van der Waals surface area contributed by atoms with Gasteiger partial charge in [-0.3, -0.25) is 4.90 Å². The van der Waals surface area contributed by atoms with Crippen molar-refractivity contribution in [2.24, 2.45) is 0 Å². The van der Waals surface area contributed by atoms with Crippen LogP contribution >= 0.6 is 0 Å². The van der Waals surface area contributed by atoms with E-state index in [4.69, 9.17) is 9.47 Å². The predicted molar refractivity (Wildman–Crippen MR) is 133 cm³/mol. The molecule has 0 amide bonds. The standard InChI is InChI=1S/C29H29NO2/c1-31-26-14-16-28-24(21-26)11-15-27(22-7-3-2-4-8-22)29(28)23-9-12-25(13-10-23)32-20-19-30-17-5-6-18-30/h2-4,7-16,21H,5-6,17-20H2,1H3. The molecule has 0 spiro atoms.